The Bertz CT molecular complexity index is 602. The average molecular weight is 340 g/mol. The van der Waals surface area contributed by atoms with Crippen molar-refractivity contribution in [3.8, 4) is 0 Å². The van der Waals surface area contributed by atoms with Crippen molar-refractivity contribution >= 4 is 10.0 Å². The van der Waals surface area contributed by atoms with Gasteiger partial charge < -0.3 is 5.11 Å². The van der Waals surface area contributed by atoms with E-state index in [4.69, 9.17) is 0 Å². The van der Waals surface area contributed by atoms with Gasteiger partial charge in [-0.1, -0.05) is 57.2 Å². The van der Waals surface area contributed by atoms with Crippen LogP contribution in [-0.2, 0) is 10.0 Å². The topological polar surface area (TPSA) is 57.4 Å². The summed E-state index contributed by atoms with van der Waals surface area (Å²) in [5.41, 5.74) is 0.151. The summed E-state index contributed by atoms with van der Waals surface area (Å²) in [5.74, 6) is 0. The first kappa shape index (κ1) is 18.4. The molecule has 1 fully saturated rings. The van der Waals surface area contributed by atoms with Crippen LogP contribution >= 0.6 is 0 Å². The van der Waals surface area contributed by atoms with Gasteiger partial charge in [-0.25, -0.2) is 8.42 Å². The van der Waals surface area contributed by atoms with Crippen LogP contribution in [0.1, 0.15) is 57.9 Å². The van der Waals surface area contributed by atoms with Crippen molar-refractivity contribution in [1.29, 1.82) is 0 Å². The fourth-order valence-electron chi connectivity index (χ4n) is 3.10. The normalized spacial score (nSPS) is 21.4. The van der Waals surface area contributed by atoms with Gasteiger partial charge in [0.15, 0.2) is 0 Å². The standard InChI is InChI=1S/C18H29NO3S/c1-4-6-12-18(20,13-7-5-2)17-14-19(17)23(21,22)16-10-8-15(3)9-11-16/h8-11,17,20H,4-7,12-14H2,1-3H3. The minimum absolute atomic E-state index is 0.271. The van der Waals surface area contributed by atoms with Gasteiger partial charge >= 0.3 is 0 Å². The molecule has 0 aliphatic carbocycles. The zero-order chi connectivity index (χ0) is 17.1. The maximum Gasteiger partial charge on any atom is 0.243 e. The molecule has 2 rings (SSSR count). The summed E-state index contributed by atoms with van der Waals surface area (Å²) in [4.78, 5) is 0.318. The minimum Gasteiger partial charge on any atom is -0.388 e. The molecule has 5 heteroatoms. The summed E-state index contributed by atoms with van der Waals surface area (Å²) in [5, 5.41) is 11.0. The van der Waals surface area contributed by atoms with Gasteiger partial charge in [-0.3, -0.25) is 0 Å². The Kier molecular flexibility index (Phi) is 5.87. The molecule has 2 unspecified atom stereocenters. The van der Waals surface area contributed by atoms with Crippen molar-refractivity contribution in [3.05, 3.63) is 29.8 Å². The molecule has 4 nitrogen and oxygen atoms in total. The highest BCUT2D eigenvalue weighted by atomic mass is 32.2. The number of hydrogen-bond acceptors (Lipinski definition) is 3. The number of nitrogens with zero attached hydrogens (tertiary/aromatic N) is 1. The molecule has 130 valence electrons. The van der Waals surface area contributed by atoms with Gasteiger partial charge in [-0.05, 0) is 31.9 Å². The third-order valence-corrected chi connectivity index (χ3v) is 6.63. The average Bonchev–Trinajstić information content (AvgIpc) is 3.33. The lowest BCUT2D eigenvalue weighted by Gasteiger charge is -2.28. The van der Waals surface area contributed by atoms with Gasteiger partial charge in [0.2, 0.25) is 10.0 Å². The second-order valence-corrected chi connectivity index (χ2v) is 8.60. The van der Waals surface area contributed by atoms with E-state index in [1.807, 2.05) is 19.1 Å². The van der Waals surface area contributed by atoms with Gasteiger partial charge in [0.05, 0.1) is 16.5 Å². The smallest absolute Gasteiger partial charge is 0.243 e. The van der Waals surface area contributed by atoms with Gasteiger partial charge in [0.1, 0.15) is 0 Å². The van der Waals surface area contributed by atoms with Gasteiger partial charge in [0, 0.05) is 6.54 Å². The van der Waals surface area contributed by atoms with E-state index in [1.54, 1.807) is 12.1 Å². The number of hydrogen-bond donors (Lipinski definition) is 1. The van der Waals surface area contributed by atoms with E-state index in [1.165, 1.54) is 4.31 Å². The van der Waals surface area contributed by atoms with Gasteiger partial charge in [0.25, 0.3) is 0 Å². The first-order valence-corrected chi connectivity index (χ1v) is 10.1. The van der Waals surface area contributed by atoms with E-state index in [0.29, 0.717) is 24.3 Å². The number of aliphatic hydroxyl groups is 1. The van der Waals surface area contributed by atoms with Crippen LogP contribution in [0.3, 0.4) is 0 Å². The second-order valence-electron chi connectivity index (χ2n) is 6.71. The van der Waals surface area contributed by atoms with E-state index in [2.05, 4.69) is 13.8 Å². The van der Waals surface area contributed by atoms with Crippen LogP contribution in [-0.4, -0.2) is 36.0 Å². The van der Waals surface area contributed by atoms with Crippen molar-refractivity contribution in [3.63, 3.8) is 0 Å². The summed E-state index contributed by atoms with van der Waals surface area (Å²) in [7, 11) is -3.49. The summed E-state index contributed by atoms with van der Waals surface area (Å²) in [6.45, 7) is 6.55. The van der Waals surface area contributed by atoms with Gasteiger partial charge in [-0.15, -0.1) is 0 Å². The van der Waals surface area contributed by atoms with E-state index in [9.17, 15) is 13.5 Å². The molecular weight excluding hydrogens is 310 g/mol. The maximum absolute atomic E-state index is 12.7. The molecule has 1 aliphatic heterocycles. The van der Waals surface area contributed by atoms with Crippen LogP contribution in [0.4, 0.5) is 0 Å². The fourth-order valence-corrected chi connectivity index (χ4v) is 4.72. The molecule has 1 N–H and O–H groups in total. The predicted molar refractivity (Wildman–Crippen MR) is 92.9 cm³/mol. The molecule has 0 bridgehead atoms. The molecule has 0 spiro atoms. The maximum atomic E-state index is 12.7. The molecule has 1 aromatic carbocycles. The summed E-state index contributed by atoms with van der Waals surface area (Å²) in [6.07, 6.45) is 5.21. The molecule has 1 heterocycles. The Morgan fingerprint density at radius 2 is 1.65 bits per heavy atom. The number of sulfonamides is 1. The first-order valence-electron chi connectivity index (χ1n) is 8.66. The predicted octanol–water partition coefficient (Wildman–Crippen LogP) is 3.48. The molecule has 1 aliphatic rings. The third-order valence-electron chi connectivity index (χ3n) is 4.74. The highest BCUT2D eigenvalue weighted by Crippen LogP contribution is 2.40. The van der Waals surface area contributed by atoms with E-state index >= 15 is 0 Å². The lowest BCUT2D eigenvalue weighted by Crippen LogP contribution is -2.38. The zero-order valence-corrected chi connectivity index (χ0v) is 15.3. The summed E-state index contributed by atoms with van der Waals surface area (Å²) >= 11 is 0. The fraction of sp³-hybridized carbons (Fsp3) is 0.667. The first-order chi connectivity index (χ1) is 10.8. The Hall–Kier alpha value is -0.910. The zero-order valence-electron chi connectivity index (χ0n) is 14.5. The van der Waals surface area contributed by atoms with Crippen LogP contribution < -0.4 is 0 Å². The highest BCUT2D eigenvalue weighted by molar-refractivity contribution is 7.89. The largest absolute Gasteiger partial charge is 0.388 e. The monoisotopic (exact) mass is 339 g/mol. The quantitative estimate of drug-likeness (QED) is 0.701. The Balaban J connectivity index is 2.15. The van der Waals surface area contributed by atoms with Crippen LogP contribution in [0.2, 0.25) is 0 Å². The van der Waals surface area contributed by atoms with Crippen molar-refractivity contribution in [2.75, 3.05) is 6.54 Å². The number of unbranched alkanes of at least 4 members (excludes halogenated alkanes) is 2. The second kappa shape index (κ2) is 7.32. The Morgan fingerprint density at radius 3 is 2.13 bits per heavy atom. The van der Waals surface area contributed by atoms with Crippen LogP contribution in [0, 0.1) is 6.92 Å². The highest BCUT2D eigenvalue weighted by Gasteiger charge is 2.55. The van der Waals surface area contributed by atoms with Crippen LogP contribution in [0.15, 0.2) is 29.2 Å². The SMILES string of the molecule is CCCCC(O)(CCCC)C1CN1S(=O)(=O)c1ccc(C)cc1. The molecule has 0 radical (unpaired) electrons. The molecule has 1 aromatic rings. The van der Waals surface area contributed by atoms with Crippen LogP contribution in [0.25, 0.3) is 0 Å². The third kappa shape index (κ3) is 4.14. The minimum atomic E-state index is -3.49. The van der Waals surface area contributed by atoms with Gasteiger partial charge in [-0.2, -0.15) is 4.31 Å². The number of benzene rings is 1. The number of rotatable bonds is 9. The number of aryl methyl sites for hydroxylation is 1. The molecule has 0 aromatic heterocycles. The Labute approximate surface area is 140 Å². The molecule has 1 saturated heterocycles. The molecule has 23 heavy (non-hydrogen) atoms. The lowest BCUT2D eigenvalue weighted by molar-refractivity contribution is 0.0114. The van der Waals surface area contributed by atoms with E-state index in [0.717, 1.165) is 31.2 Å². The Morgan fingerprint density at radius 1 is 1.13 bits per heavy atom. The molecular formula is C18H29NO3S. The van der Waals surface area contributed by atoms with Crippen molar-refractivity contribution in [2.45, 2.75) is 75.8 Å². The van der Waals surface area contributed by atoms with E-state index < -0.39 is 15.6 Å². The van der Waals surface area contributed by atoms with Crippen molar-refractivity contribution in [1.82, 2.24) is 4.31 Å². The van der Waals surface area contributed by atoms with Crippen molar-refractivity contribution < 1.29 is 13.5 Å². The van der Waals surface area contributed by atoms with Crippen LogP contribution in [0.5, 0.6) is 0 Å². The van der Waals surface area contributed by atoms with Crippen molar-refractivity contribution in [2.24, 2.45) is 0 Å². The summed E-state index contributed by atoms with van der Waals surface area (Å²) < 4.78 is 26.9. The molecule has 2 atom stereocenters. The molecule has 0 amide bonds. The summed E-state index contributed by atoms with van der Waals surface area (Å²) in [6, 6.07) is 6.65. The molecule has 0 saturated carbocycles. The lowest BCUT2D eigenvalue weighted by atomic mass is 9.88. The van der Waals surface area contributed by atoms with E-state index in [-0.39, 0.29) is 6.04 Å².